The van der Waals surface area contributed by atoms with Gasteiger partial charge in [-0.3, -0.25) is 9.59 Å². The summed E-state index contributed by atoms with van der Waals surface area (Å²) in [7, 11) is 1.31. The molecule has 0 unspecified atom stereocenters. The van der Waals surface area contributed by atoms with Crippen molar-refractivity contribution in [3.63, 3.8) is 0 Å². The molecule has 0 spiro atoms. The molecule has 0 fully saturated rings. The van der Waals surface area contributed by atoms with E-state index in [0.717, 1.165) is 0 Å². The van der Waals surface area contributed by atoms with Gasteiger partial charge in [0.2, 0.25) is 0 Å². The Morgan fingerprint density at radius 1 is 0.812 bits per heavy atom. The highest BCUT2D eigenvalue weighted by atomic mass is 16.5. The van der Waals surface area contributed by atoms with Crippen LogP contribution >= 0.6 is 0 Å². The van der Waals surface area contributed by atoms with Crippen molar-refractivity contribution in [3.05, 3.63) is 33.4 Å². The Hall–Kier alpha value is -3.42. The third-order valence-electron chi connectivity index (χ3n) is 5.57. The van der Waals surface area contributed by atoms with E-state index in [1.807, 2.05) is 0 Å². The summed E-state index contributed by atoms with van der Waals surface area (Å²) in [5.74, 6) is -4.05. The summed E-state index contributed by atoms with van der Waals surface area (Å²) >= 11 is 0. The lowest BCUT2D eigenvalue weighted by atomic mass is 9.89. The number of carbonyl (C=O) groups excluding carboxylic acids is 2. The van der Waals surface area contributed by atoms with Gasteiger partial charge in [0.15, 0.2) is 11.6 Å². The van der Waals surface area contributed by atoms with Gasteiger partial charge in [0, 0.05) is 41.0 Å². The van der Waals surface area contributed by atoms with Gasteiger partial charge in [0.25, 0.3) is 0 Å². The number of ether oxygens (including phenoxy) is 1. The lowest BCUT2D eigenvalue weighted by Gasteiger charge is -2.20. The van der Waals surface area contributed by atoms with Crippen LogP contribution in [0, 0.1) is 19.8 Å². The molecule has 0 amide bonds. The van der Waals surface area contributed by atoms with Gasteiger partial charge in [-0.2, -0.15) is 0 Å². The van der Waals surface area contributed by atoms with E-state index in [-0.39, 0.29) is 51.3 Å². The van der Waals surface area contributed by atoms with E-state index in [2.05, 4.69) is 0 Å². The van der Waals surface area contributed by atoms with Gasteiger partial charge in [-0.25, -0.2) is 0 Å². The van der Waals surface area contributed by atoms with Crippen molar-refractivity contribution in [2.45, 2.75) is 53.9 Å². The lowest BCUT2D eigenvalue weighted by Crippen LogP contribution is -2.11. The zero-order valence-corrected chi connectivity index (χ0v) is 19.2. The molecule has 0 aromatic heterocycles. The van der Waals surface area contributed by atoms with Gasteiger partial charge in [-0.15, -0.1) is 0 Å². The average Bonchev–Trinajstić information content (AvgIpc) is 2.74. The first-order chi connectivity index (χ1) is 14.9. The Bertz CT molecular complexity index is 1080. The van der Waals surface area contributed by atoms with Crippen LogP contribution in [-0.2, 0) is 6.42 Å². The van der Waals surface area contributed by atoms with Crippen molar-refractivity contribution in [1.82, 2.24) is 0 Å². The highest BCUT2D eigenvalue weighted by molar-refractivity contribution is 6.04. The normalized spacial score (nSPS) is 11.1. The number of rotatable bonds is 8. The number of benzene rings is 2. The second-order valence-electron chi connectivity index (χ2n) is 8.10. The maximum atomic E-state index is 12.7. The first-order valence-corrected chi connectivity index (χ1v) is 10.3. The second-order valence-corrected chi connectivity index (χ2v) is 8.10. The number of phenolic OH excluding ortho intramolecular Hbond substituents is 5. The highest BCUT2D eigenvalue weighted by Gasteiger charge is 2.31. The van der Waals surface area contributed by atoms with Crippen LogP contribution in [0.3, 0.4) is 0 Å². The van der Waals surface area contributed by atoms with Crippen LogP contribution in [0.1, 0.15) is 76.6 Å². The van der Waals surface area contributed by atoms with E-state index < -0.39 is 46.9 Å². The van der Waals surface area contributed by atoms with Gasteiger partial charge in [0.1, 0.15) is 45.6 Å². The third kappa shape index (κ3) is 4.04. The van der Waals surface area contributed by atoms with Gasteiger partial charge in [0.05, 0.1) is 7.11 Å². The molecule has 0 saturated heterocycles. The van der Waals surface area contributed by atoms with E-state index in [9.17, 15) is 35.1 Å². The topological polar surface area (TPSA) is 145 Å². The maximum Gasteiger partial charge on any atom is 0.172 e. The number of Topliss-reactive ketones (excluding diaryl/α,β-unsaturated/α-hetero) is 2. The Morgan fingerprint density at radius 3 is 1.78 bits per heavy atom. The highest BCUT2D eigenvalue weighted by Crippen LogP contribution is 2.48. The third-order valence-corrected chi connectivity index (χ3v) is 5.57. The predicted molar refractivity (Wildman–Crippen MR) is 118 cm³/mol. The number of hydrogen-bond acceptors (Lipinski definition) is 8. The summed E-state index contributed by atoms with van der Waals surface area (Å²) in [6, 6.07) is 0. The molecule has 0 aliphatic heterocycles. The number of hydrogen-bond donors (Lipinski definition) is 5. The minimum atomic E-state index is -0.655. The van der Waals surface area contributed by atoms with E-state index in [1.54, 1.807) is 20.8 Å². The molecule has 0 radical (unpaired) electrons. The first kappa shape index (κ1) is 24.8. The number of carbonyl (C=O) groups is 2. The molecule has 0 heterocycles. The molecule has 0 aliphatic carbocycles. The van der Waals surface area contributed by atoms with Crippen molar-refractivity contribution in [2.24, 2.45) is 5.92 Å². The smallest absolute Gasteiger partial charge is 0.172 e. The lowest BCUT2D eigenvalue weighted by molar-refractivity contribution is 0.0932. The molecule has 2 aromatic rings. The zero-order chi connectivity index (χ0) is 24.5. The Morgan fingerprint density at radius 2 is 1.31 bits per heavy atom. The van der Waals surface area contributed by atoms with E-state index in [1.165, 1.54) is 21.0 Å². The molecule has 8 nitrogen and oxygen atoms in total. The maximum absolute atomic E-state index is 12.7. The molecule has 0 aliphatic rings. The Kier molecular flexibility index (Phi) is 7.28. The van der Waals surface area contributed by atoms with E-state index in [4.69, 9.17) is 4.74 Å². The van der Waals surface area contributed by atoms with Crippen molar-refractivity contribution < 1.29 is 39.9 Å². The summed E-state index contributed by atoms with van der Waals surface area (Å²) in [6.07, 6.45) is 0.248. The number of methoxy groups -OCH3 is 1. The molecule has 2 aromatic carbocycles. The van der Waals surface area contributed by atoms with Crippen LogP contribution in [0.25, 0.3) is 0 Å². The van der Waals surface area contributed by atoms with Gasteiger partial charge in [-0.1, -0.05) is 20.8 Å². The quantitative estimate of drug-likeness (QED) is 0.378. The fraction of sp³-hybridized carbons (Fsp3) is 0.417. The predicted octanol–water partition coefficient (Wildman–Crippen LogP) is 4.25. The van der Waals surface area contributed by atoms with Crippen molar-refractivity contribution in [1.29, 1.82) is 0 Å². The van der Waals surface area contributed by atoms with Crippen LogP contribution in [-0.4, -0.2) is 44.2 Å². The molecular formula is C24H30O8. The second kappa shape index (κ2) is 9.38. The fourth-order valence-corrected chi connectivity index (χ4v) is 3.69. The monoisotopic (exact) mass is 446 g/mol. The van der Waals surface area contributed by atoms with Crippen molar-refractivity contribution in [2.75, 3.05) is 7.11 Å². The molecule has 0 saturated carbocycles. The molecular weight excluding hydrogens is 416 g/mol. The van der Waals surface area contributed by atoms with Crippen LogP contribution in [0.2, 0.25) is 0 Å². The summed E-state index contributed by atoms with van der Waals surface area (Å²) in [5.41, 5.74) is -0.583. The van der Waals surface area contributed by atoms with Crippen LogP contribution in [0.5, 0.6) is 34.5 Å². The largest absolute Gasteiger partial charge is 0.507 e. The zero-order valence-electron chi connectivity index (χ0n) is 19.2. The van der Waals surface area contributed by atoms with Crippen molar-refractivity contribution in [3.8, 4) is 34.5 Å². The SMILES string of the molecule is CCCC(=O)c1c(O)c(Cc2c(O)c(C)c(O)c(C(=O)C(C)C)c2O)c(O)c(C)c1OC. The van der Waals surface area contributed by atoms with Gasteiger partial charge >= 0.3 is 0 Å². The Balaban J connectivity index is 2.83. The van der Waals surface area contributed by atoms with Crippen LogP contribution < -0.4 is 4.74 Å². The van der Waals surface area contributed by atoms with Crippen molar-refractivity contribution >= 4 is 11.6 Å². The summed E-state index contributed by atoms with van der Waals surface area (Å²) in [4.78, 5) is 25.2. The summed E-state index contributed by atoms with van der Waals surface area (Å²) in [6.45, 7) is 7.88. The molecule has 32 heavy (non-hydrogen) atoms. The van der Waals surface area contributed by atoms with Crippen LogP contribution in [0.15, 0.2) is 0 Å². The molecule has 2 rings (SSSR count). The summed E-state index contributed by atoms with van der Waals surface area (Å²) in [5, 5.41) is 53.4. The van der Waals surface area contributed by atoms with Gasteiger partial charge in [-0.05, 0) is 20.3 Å². The fourth-order valence-electron chi connectivity index (χ4n) is 3.69. The average molecular weight is 446 g/mol. The number of ketones is 2. The molecule has 5 N–H and O–H groups in total. The standard InChI is InChI=1S/C24H30O8/c1-7-8-15(25)16-22(30)14(20(28)12(5)24(16)32-6)9-13-19(27)11(4)21(29)17(23(13)31)18(26)10(2)3/h10,27-31H,7-9H2,1-6H3. The van der Waals surface area contributed by atoms with E-state index in [0.29, 0.717) is 6.42 Å². The molecule has 8 heteroatoms. The minimum absolute atomic E-state index is 0.0340. The number of phenols is 5. The number of aromatic hydroxyl groups is 5. The van der Waals surface area contributed by atoms with E-state index >= 15 is 0 Å². The first-order valence-electron chi connectivity index (χ1n) is 10.3. The van der Waals surface area contributed by atoms with Crippen LogP contribution in [0.4, 0.5) is 0 Å². The minimum Gasteiger partial charge on any atom is -0.507 e. The Labute approximate surface area is 186 Å². The van der Waals surface area contributed by atoms with Gasteiger partial charge < -0.3 is 30.3 Å². The summed E-state index contributed by atoms with van der Waals surface area (Å²) < 4.78 is 5.25. The molecule has 174 valence electrons. The molecule has 0 atom stereocenters. The molecule has 0 bridgehead atoms.